The van der Waals surface area contributed by atoms with Crippen LogP contribution >= 0.6 is 0 Å². The second kappa shape index (κ2) is 5.29. The molecule has 0 aromatic rings. The van der Waals surface area contributed by atoms with Crippen molar-refractivity contribution in [3.05, 3.63) is 0 Å². The Balaban J connectivity index is 2.83. The average molecular weight is 255 g/mol. The van der Waals surface area contributed by atoms with Gasteiger partial charge in [0.25, 0.3) is 0 Å². The van der Waals surface area contributed by atoms with Gasteiger partial charge >= 0.3 is 5.97 Å². The first-order valence-corrected chi connectivity index (χ1v) is 6.83. The molecular weight excluding hydrogens is 230 g/mol. The van der Waals surface area contributed by atoms with Gasteiger partial charge in [0.2, 0.25) is 5.91 Å². The van der Waals surface area contributed by atoms with Crippen molar-refractivity contribution in [1.82, 2.24) is 4.90 Å². The van der Waals surface area contributed by atoms with Gasteiger partial charge in [-0.25, -0.2) is 0 Å². The average Bonchev–Trinajstić information content (AvgIpc) is 2.65. The molecule has 0 aromatic heterocycles. The topological polar surface area (TPSA) is 57.6 Å². The van der Waals surface area contributed by atoms with Gasteiger partial charge in [0.05, 0.1) is 5.41 Å². The van der Waals surface area contributed by atoms with Gasteiger partial charge in [-0.05, 0) is 39.5 Å². The molecule has 1 fully saturated rings. The number of rotatable bonds is 5. The van der Waals surface area contributed by atoms with Gasteiger partial charge in [0.1, 0.15) is 0 Å². The van der Waals surface area contributed by atoms with Gasteiger partial charge < -0.3 is 10.0 Å². The van der Waals surface area contributed by atoms with Crippen LogP contribution in [0.2, 0.25) is 0 Å². The van der Waals surface area contributed by atoms with Gasteiger partial charge in [-0.3, -0.25) is 9.59 Å². The number of nitrogens with zero attached hydrogens (tertiary/aromatic N) is 1. The first-order valence-electron chi connectivity index (χ1n) is 6.83. The van der Waals surface area contributed by atoms with Crippen LogP contribution in [0.15, 0.2) is 0 Å². The summed E-state index contributed by atoms with van der Waals surface area (Å²) in [5, 5.41) is 9.37. The standard InChI is InChI=1S/C14H25NO3/c1-5-14(6-2,12(17)18)10-11(16)15-9-7-8-13(15,3)4/h5-10H2,1-4H3,(H,17,18). The Labute approximate surface area is 109 Å². The lowest BCUT2D eigenvalue weighted by molar-refractivity contribution is -0.155. The fourth-order valence-electron chi connectivity index (χ4n) is 2.83. The number of carboxylic acid groups (broad SMARTS) is 1. The van der Waals surface area contributed by atoms with Crippen molar-refractivity contribution in [3.63, 3.8) is 0 Å². The highest BCUT2D eigenvalue weighted by atomic mass is 16.4. The third kappa shape index (κ3) is 2.68. The molecular formula is C14H25NO3. The molecule has 0 radical (unpaired) electrons. The van der Waals surface area contributed by atoms with Gasteiger partial charge in [0.15, 0.2) is 0 Å². The summed E-state index contributed by atoms with van der Waals surface area (Å²) in [6.07, 6.45) is 3.13. The maximum absolute atomic E-state index is 12.4. The number of likely N-dealkylation sites (tertiary alicyclic amines) is 1. The molecule has 18 heavy (non-hydrogen) atoms. The van der Waals surface area contributed by atoms with E-state index in [-0.39, 0.29) is 17.9 Å². The van der Waals surface area contributed by atoms with Crippen LogP contribution in [0, 0.1) is 5.41 Å². The van der Waals surface area contributed by atoms with Crippen LogP contribution in [0.25, 0.3) is 0 Å². The number of carboxylic acids is 1. The lowest BCUT2D eigenvalue weighted by Crippen LogP contribution is -2.46. The Morgan fingerprint density at radius 3 is 2.17 bits per heavy atom. The molecule has 1 aliphatic rings. The second-order valence-electron chi connectivity index (χ2n) is 5.93. The normalized spacial score (nSPS) is 19.0. The summed E-state index contributed by atoms with van der Waals surface area (Å²) in [4.78, 5) is 25.6. The fourth-order valence-corrected chi connectivity index (χ4v) is 2.83. The number of aliphatic carboxylic acids is 1. The Morgan fingerprint density at radius 2 is 1.83 bits per heavy atom. The van der Waals surface area contributed by atoms with E-state index in [0.717, 1.165) is 19.4 Å². The van der Waals surface area contributed by atoms with Crippen LogP contribution in [0.5, 0.6) is 0 Å². The Morgan fingerprint density at radius 1 is 1.28 bits per heavy atom. The molecule has 0 aromatic carbocycles. The molecule has 1 N–H and O–H groups in total. The molecule has 1 heterocycles. The Hall–Kier alpha value is -1.06. The molecule has 0 saturated carbocycles. The molecule has 0 spiro atoms. The van der Waals surface area contributed by atoms with Crippen LogP contribution in [0.4, 0.5) is 0 Å². The maximum atomic E-state index is 12.4. The summed E-state index contributed by atoms with van der Waals surface area (Å²) in [7, 11) is 0. The fraction of sp³-hybridized carbons (Fsp3) is 0.857. The van der Waals surface area contributed by atoms with E-state index in [2.05, 4.69) is 13.8 Å². The Bertz CT molecular complexity index is 332. The van der Waals surface area contributed by atoms with E-state index in [4.69, 9.17) is 0 Å². The highest BCUT2D eigenvalue weighted by Gasteiger charge is 2.42. The van der Waals surface area contributed by atoms with Crippen molar-refractivity contribution in [2.24, 2.45) is 5.41 Å². The first kappa shape index (κ1) is 15.0. The summed E-state index contributed by atoms with van der Waals surface area (Å²) in [5.74, 6) is -0.860. The van der Waals surface area contributed by atoms with E-state index in [1.807, 2.05) is 18.7 Å². The molecule has 1 amide bonds. The molecule has 0 unspecified atom stereocenters. The SMILES string of the molecule is CCC(CC)(CC(=O)N1CCCC1(C)C)C(=O)O. The molecule has 1 saturated heterocycles. The van der Waals surface area contributed by atoms with E-state index in [0.29, 0.717) is 12.8 Å². The van der Waals surface area contributed by atoms with Crippen molar-refractivity contribution in [2.75, 3.05) is 6.54 Å². The van der Waals surface area contributed by atoms with Crippen LogP contribution in [-0.4, -0.2) is 34.0 Å². The molecule has 0 bridgehead atoms. The number of carbonyl (C=O) groups excluding carboxylic acids is 1. The predicted molar refractivity (Wildman–Crippen MR) is 70.3 cm³/mol. The van der Waals surface area contributed by atoms with Crippen molar-refractivity contribution in [1.29, 1.82) is 0 Å². The third-order valence-corrected chi connectivity index (χ3v) is 4.50. The van der Waals surface area contributed by atoms with E-state index in [1.54, 1.807) is 0 Å². The van der Waals surface area contributed by atoms with Crippen molar-refractivity contribution in [3.8, 4) is 0 Å². The quantitative estimate of drug-likeness (QED) is 0.821. The largest absolute Gasteiger partial charge is 0.481 e. The van der Waals surface area contributed by atoms with Crippen molar-refractivity contribution < 1.29 is 14.7 Å². The number of hydrogen-bond donors (Lipinski definition) is 1. The number of carbonyl (C=O) groups is 2. The zero-order valence-electron chi connectivity index (χ0n) is 12.0. The Kier molecular flexibility index (Phi) is 4.41. The van der Waals surface area contributed by atoms with Crippen LogP contribution in [0.1, 0.15) is 59.8 Å². The molecule has 0 aliphatic carbocycles. The van der Waals surface area contributed by atoms with Crippen molar-refractivity contribution >= 4 is 11.9 Å². The monoisotopic (exact) mass is 255 g/mol. The van der Waals surface area contributed by atoms with Crippen LogP contribution in [-0.2, 0) is 9.59 Å². The van der Waals surface area contributed by atoms with Crippen LogP contribution in [0.3, 0.4) is 0 Å². The minimum atomic E-state index is -0.893. The second-order valence-corrected chi connectivity index (χ2v) is 5.93. The van der Waals surface area contributed by atoms with Crippen LogP contribution < -0.4 is 0 Å². The summed E-state index contributed by atoms with van der Waals surface area (Å²) in [6, 6.07) is 0. The smallest absolute Gasteiger partial charge is 0.310 e. The summed E-state index contributed by atoms with van der Waals surface area (Å²) < 4.78 is 0. The lowest BCUT2D eigenvalue weighted by atomic mass is 9.78. The zero-order chi connectivity index (χ0) is 14.0. The lowest BCUT2D eigenvalue weighted by Gasteiger charge is -2.35. The molecule has 4 heteroatoms. The van der Waals surface area contributed by atoms with E-state index in [1.165, 1.54) is 0 Å². The highest BCUT2D eigenvalue weighted by molar-refractivity contribution is 5.85. The minimum Gasteiger partial charge on any atom is -0.481 e. The molecule has 0 atom stereocenters. The van der Waals surface area contributed by atoms with Gasteiger partial charge in [-0.1, -0.05) is 13.8 Å². The van der Waals surface area contributed by atoms with E-state index in [9.17, 15) is 14.7 Å². The number of amides is 1. The molecule has 4 nitrogen and oxygen atoms in total. The highest BCUT2D eigenvalue weighted by Crippen LogP contribution is 2.35. The summed E-state index contributed by atoms with van der Waals surface area (Å²) in [5.41, 5.74) is -1.02. The van der Waals surface area contributed by atoms with Crippen molar-refractivity contribution in [2.45, 2.75) is 65.3 Å². The predicted octanol–water partition coefficient (Wildman–Crippen LogP) is 2.67. The van der Waals surface area contributed by atoms with E-state index >= 15 is 0 Å². The van der Waals surface area contributed by atoms with Gasteiger partial charge in [0, 0.05) is 18.5 Å². The third-order valence-electron chi connectivity index (χ3n) is 4.50. The number of hydrogen-bond acceptors (Lipinski definition) is 2. The minimum absolute atomic E-state index is 0.0106. The van der Waals surface area contributed by atoms with Gasteiger partial charge in [-0.15, -0.1) is 0 Å². The zero-order valence-corrected chi connectivity index (χ0v) is 12.0. The first-order chi connectivity index (χ1) is 8.29. The molecule has 1 aliphatic heterocycles. The molecule has 104 valence electrons. The summed E-state index contributed by atoms with van der Waals surface area (Å²) in [6.45, 7) is 8.56. The maximum Gasteiger partial charge on any atom is 0.310 e. The summed E-state index contributed by atoms with van der Waals surface area (Å²) >= 11 is 0. The van der Waals surface area contributed by atoms with Gasteiger partial charge in [-0.2, -0.15) is 0 Å². The molecule has 1 rings (SSSR count). The van der Waals surface area contributed by atoms with E-state index < -0.39 is 11.4 Å².